The molecule has 1 saturated carbocycles. The molecule has 7 heteroatoms. The SMILES string of the molecule is CCOC(=O)c1ccc(NC(=O)CSc2cccc(NC(=O)C3CCCCC3)c2)cc1. The fraction of sp³-hybridized carbons (Fsp3) is 0.375. The molecule has 0 atom stereocenters. The van der Waals surface area contributed by atoms with Gasteiger partial charge in [0, 0.05) is 22.2 Å². The smallest absolute Gasteiger partial charge is 0.338 e. The summed E-state index contributed by atoms with van der Waals surface area (Å²) in [4.78, 5) is 37.3. The second kappa shape index (κ2) is 11.6. The summed E-state index contributed by atoms with van der Waals surface area (Å²) in [6.45, 7) is 2.07. The molecule has 2 aromatic carbocycles. The average Bonchev–Trinajstić information content (AvgIpc) is 2.79. The van der Waals surface area contributed by atoms with Gasteiger partial charge < -0.3 is 15.4 Å². The number of rotatable bonds is 8. The van der Waals surface area contributed by atoms with E-state index in [1.54, 1.807) is 31.2 Å². The number of thioether (sulfide) groups is 1. The molecule has 1 fully saturated rings. The van der Waals surface area contributed by atoms with Gasteiger partial charge >= 0.3 is 5.97 Å². The Balaban J connectivity index is 1.48. The standard InChI is InChI=1S/C24H28N2O4S/c1-2-30-24(29)18-11-13-19(14-12-18)25-22(27)16-31-21-10-6-9-20(15-21)26-23(28)17-7-4-3-5-8-17/h6,9-15,17H,2-5,7-8,16H2,1H3,(H,25,27)(H,26,28). The summed E-state index contributed by atoms with van der Waals surface area (Å²) in [5.74, 6) is -0.103. The van der Waals surface area contributed by atoms with E-state index in [1.165, 1.54) is 18.2 Å². The maximum atomic E-state index is 12.4. The first-order chi connectivity index (χ1) is 15.0. The van der Waals surface area contributed by atoms with E-state index in [9.17, 15) is 14.4 Å². The van der Waals surface area contributed by atoms with Crippen LogP contribution in [0.15, 0.2) is 53.4 Å². The van der Waals surface area contributed by atoms with Crippen LogP contribution in [-0.4, -0.2) is 30.1 Å². The highest BCUT2D eigenvalue weighted by Gasteiger charge is 2.21. The maximum Gasteiger partial charge on any atom is 0.338 e. The Morgan fingerprint density at radius 1 is 0.968 bits per heavy atom. The predicted molar refractivity (Wildman–Crippen MR) is 123 cm³/mol. The summed E-state index contributed by atoms with van der Waals surface area (Å²) >= 11 is 1.40. The third kappa shape index (κ3) is 7.14. The summed E-state index contributed by atoms with van der Waals surface area (Å²) in [6.07, 6.45) is 5.37. The molecular formula is C24H28N2O4S. The lowest BCUT2D eigenvalue weighted by atomic mass is 9.88. The molecule has 0 spiro atoms. The number of carbonyl (C=O) groups is 3. The third-order valence-corrected chi connectivity index (χ3v) is 6.12. The number of amides is 2. The summed E-state index contributed by atoms with van der Waals surface area (Å²) in [6, 6.07) is 14.2. The average molecular weight is 441 g/mol. The summed E-state index contributed by atoms with van der Waals surface area (Å²) < 4.78 is 4.95. The number of carbonyl (C=O) groups excluding carboxylic acids is 3. The molecule has 0 bridgehead atoms. The van der Waals surface area contributed by atoms with Gasteiger partial charge in [0.05, 0.1) is 17.9 Å². The lowest BCUT2D eigenvalue weighted by Gasteiger charge is -2.20. The van der Waals surface area contributed by atoms with E-state index in [-0.39, 0.29) is 29.5 Å². The number of nitrogens with one attached hydrogen (secondary N) is 2. The molecular weight excluding hydrogens is 412 g/mol. The van der Waals surface area contributed by atoms with Crippen molar-refractivity contribution in [3.8, 4) is 0 Å². The van der Waals surface area contributed by atoms with E-state index in [0.29, 0.717) is 17.9 Å². The minimum atomic E-state index is -0.383. The monoisotopic (exact) mass is 440 g/mol. The number of ether oxygens (including phenoxy) is 1. The maximum absolute atomic E-state index is 12.4. The highest BCUT2D eigenvalue weighted by Crippen LogP contribution is 2.26. The Bertz CT molecular complexity index is 908. The van der Waals surface area contributed by atoms with Crippen molar-refractivity contribution in [3.63, 3.8) is 0 Å². The van der Waals surface area contributed by atoms with Crippen molar-refractivity contribution < 1.29 is 19.1 Å². The van der Waals surface area contributed by atoms with Crippen LogP contribution < -0.4 is 10.6 Å². The minimum absolute atomic E-state index is 0.0888. The Hall–Kier alpha value is -2.80. The lowest BCUT2D eigenvalue weighted by molar-refractivity contribution is -0.120. The van der Waals surface area contributed by atoms with Gasteiger partial charge in [0.1, 0.15) is 0 Å². The van der Waals surface area contributed by atoms with Crippen molar-refractivity contribution in [2.75, 3.05) is 23.0 Å². The van der Waals surface area contributed by atoms with Crippen LogP contribution in [0.5, 0.6) is 0 Å². The van der Waals surface area contributed by atoms with Gasteiger partial charge in [0.15, 0.2) is 0 Å². The van der Waals surface area contributed by atoms with Crippen molar-refractivity contribution in [3.05, 3.63) is 54.1 Å². The van der Waals surface area contributed by atoms with Crippen LogP contribution in [0.4, 0.5) is 11.4 Å². The molecule has 2 N–H and O–H groups in total. The normalized spacial score (nSPS) is 14.0. The first kappa shape index (κ1) is 22.9. The van der Waals surface area contributed by atoms with Crippen molar-refractivity contribution >= 4 is 40.9 Å². The highest BCUT2D eigenvalue weighted by molar-refractivity contribution is 8.00. The highest BCUT2D eigenvalue weighted by atomic mass is 32.2. The first-order valence-electron chi connectivity index (χ1n) is 10.7. The van der Waals surface area contributed by atoms with Gasteiger partial charge in [0.25, 0.3) is 0 Å². The molecule has 0 unspecified atom stereocenters. The summed E-state index contributed by atoms with van der Waals surface area (Å²) in [7, 11) is 0. The topological polar surface area (TPSA) is 84.5 Å². The Morgan fingerprint density at radius 2 is 1.71 bits per heavy atom. The fourth-order valence-electron chi connectivity index (χ4n) is 3.52. The van der Waals surface area contributed by atoms with Gasteiger partial charge in [-0.05, 0) is 62.2 Å². The largest absolute Gasteiger partial charge is 0.462 e. The van der Waals surface area contributed by atoms with Crippen LogP contribution in [-0.2, 0) is 14.3 Å². The molecule has 31 heavy (non-hydrogen) atoms. The third-order valence-electron chi connectivity index (χ3n) is 5.13. The zero-order valence-corrected chi connectivity index (χ0v) is 18.5. The van der Waals surface area contributed by atoms with E-state index < -0.39 is 0 Å². The molecule has 164 valence electrons. The quantitative estimate of drug-likeness (QED) is 0.440. The Morgan fingerprint density at radius 3 is 2.42 bits per heavy atom. The number of benzene rings is 2. The molecule has 0 heterocycles. The molecule has 1 aliphatic rings. The molecule has 6 nitrogen and oxygen atoms in total. The minimum Gasteiger partial charge on any atom is -0.462 e. The van der Waals surface area contributed by atoms with Crippen LogP contribution in [0.25, 0.3) is 0 Å². The van der Waals surface area contributed by atoms with Gasteiger partial charge in [-0.2, -0.15) is 0 Å². The van der Waals surface area contributed by atoms with Crippen LogP contribution in [0.1, 0.15) is 49.4 Å². The number of esters is 1. The fourth-order valence-corrected chi connectivity index (χ4v) is 4.28. The Labute approximate surface area is 187 Å². The van der Waals surface area contributed by atoms with Crippen molar-refractivity contribution in [2.24, 2.45) is 5.92 Å². The molecule has 0 radical (unpaired) electrons. The molecule has 2 amide bonds. The van der Waals surface area contributed by atoms with Crippen molar-refractivity contribution in [2.45, 2.75) is 43.9 Å². The molecule has 1 aliphatic carbocycles. The van der Waals surface area contributed by atoms with Gasteiger partial charge in [-0.1, -0.05) is 25.3 Å². The van der Waals surface area contributed by atoms with Gasteiger partial charge in [-0.25, -0.2) is 4.79 Å². The number of hydrogen-bond donors (Lipinski definition) is 2. The van der Waals surface area contributed by atoms with Crippen LogP contribution >= 0.6 is 11.8 Å². The van der Waals surface area contributed by atoms with E-state index in [0.717, 1.165) is 36.3 Å². The van der Waals surface area contributed by atoms with Crippen LogP contribution in [0.3, 0.4) is 0 Å². The number of anilines is 2. The lowest BCUT2D eigenvalue weighted by Crippen LogP contribution is -2.24. The zero-order chi connectivity index (χ0) is 22.1. The molecule has 0 aromatic heterocycles. The zero-order valence-electron chi connectivity index (χ0n) is 17.7. The van der Waals surface area contributed by atoms with E-state index >= 15 is 0 Å². The Kier molecular flexibility index (Phi) is 8.53. The molecule has 0 saturated heterocycles. The van der Waals surface area contributed by atoms with Gasteiger partial charge in [-0.3, -0.25) is 9.59 Å². The second-order valence-electron chi connectivity index (χ2n) is 7.49. The van der Waals surface area contributed by atoms with Gasteiger partial charge in [0.2, 0.25) is 11.8 Å². The van der Waals surface area contributed by atoms with E-state index in [4.69, 9.17) is 4.74 Å². The van der Waals surface area contributed by atoms with Crippen molar-refractivity contribution in [1.29, 1.82) is 0 Å². The van der Waals surface area contributed by atoms with Crippen LogP contribution in [0.2, 0.25) is 0 Å². The molecule has 2 aromatic rings. The number of hydrogen-bond acceptors (Lipinski definition) is 5. The van der Waals surface area contributed by atoms with Crippen molar-refractivity contribution in [1.82, 2.24) is 0 Å². The molecule has 0 aliphatic heterocycles. The first-order valence-corrected chi connectivity index (χ1v) is 11.6. The summed E-state index contributed by atoms with van der Waals surface area (Å²) in [5.41, 5.74) is 1.82. The second-order valence-corrected chi connectivity index (χ2v) is 8.54. The molecule has 3 rings (SSSR count). The van der Waals surface area contributed by atoms with Gasteiger partial charge in [-0.15, -0.1) is 11.8 Å². The predicted octanol–water partition coefficient (Wildman–Crippen LogP) is 5.11. The summed E-state index contributed by atoms with van der Waals surface area (Å²) in [5, 5.41) is 5.83. The van der Waals surface area contributed by atoms with Crippen LogP contribution in [0, 0.1) is 5.92 Å². The van der Waals surface area contributed by atoms with E-state index in [2.05, 4.69) is 10.6 Å². The van der Waals surface area contributed by atoms with E-state index in [1.807, 2.05) is 24.3 Å².